The van der Waals surface area contributed by atoms with Crippen molar-refractivity contribution < 1.29 is 14.3 Å². The second kappa shape index (κ2) is 4.88. The topological polar surface area (TPSA) is 79.4 Å². The Morgan fingerprint density at radius 1 is 1.55 bits per heavy atom. The molecule has 2 aromatic rings. The van der Waals surface area contributed by atoms with Crippen molar-refractivity contribution in [3.8, 4) is 5.75 Å². The van der Waals surface area contributed by atoms with Gasteiger partial charge in [-0.1, -0.05) is 18.2 Å². The largest absolute Gasteiger partial charge is 0.488 e. The SMILES string of the molecule is COC(=O)c1ncn(CC2Cc3ccccc3O2)c1N. The third-order valence-corrected chi connectivity index (χ3v) is 3.37. The van der Waals surface area contributed by atoms with Crippen LogP contribution in [0, 0.1) is 0 Å². The van der Waals surface area contributed by atoms with E-state index >= 15 is 0 Å². The molecular formula is C14H15N3O3. The molecule has 1 atom stereocenters. The summed E-state index contributed by atoms with van der Waals surface area (Å²) in [7, 11) is 1.30. The van der Waals surface area contributed by atoms with Crippen LogP contribution in [-0.2, 0) is 17.7 Å². The van der Waals surface area contributed by atoms with Crippen LogP contribution in [-0.4, -0.2) is 28.7 Å². The van der Waals surface area contributed by atoms with Gasteiger partial charge in [-0.3, -0.25) is 0 Å². The number of carbonyl (C=O) groups is 1. The van der Waals surface area contributed by atoms with Gasteiger partial charge in [0.2, 0.25) is 0 Å². The van der Waals surface area contributed by atoms with Crippen LogP contribution in [0.4, 0.5) is 5.82 Å². The fourth-order valence-corrected chi connectivity index (χ4v) is 2.37. The summed E-state index contributed by atoms with van der Waals surface area (Å²) in [6, 6.07) is 7.94. The Balaban J connectivity index is 1.74. The summed E-state index contributed by atoms with van der Waals surface area (Å²) in [5, 5.41) is 0. The molecule has 3 rings (SSSR count). The first-order chi connectivity index (χ1) is 9.69. The Bertz CT molecular complexity index is 626. The number of aromatic nitrogens is 2. The number of esters is 1. The normalized spacial score (nSPS) is 16.6. The summed E-state index contributed by atoms with van der Waals surface area (Å²) in [4.78, 5) is 15.4. The number of nitrogens with two attached hydrogens (primary N) is 1. The van der Waals surface area contributed by atoms with Crippen molar-refractivity contribution >= 4 is 11.8 Å². The summed E-state index contributed by atoms with van der Waals surface area (Å²) in [6.07, 6.45) is 2.35. The molecule has 20 heavy (non-hydrogen) atoms. The van der Waals surface area contributed by atoms with E-state index in [4.69, 9.17) is 10.5 Å². The molecule has 0 fully saturated rings. The van der Waals surface area contributed by atoms with Gasteiger partial charge in [0.1, 0.15) is 17.7 Å². The Hall–Kier alpha value is -2.50. The zero-order valence-corrected chi connectivity index (χ0v) is 11.1. The van der Waals surface area contributed by atoms with E-state index in [-0.39, 0.29) is 11.8 Å². The third-order valence-electron chi connectivity index (χ3n) is 3.37. The fourth-order valence-electron chi connectivity index (χ4n) is 2.37. The van der Waals surface area contributed by atoms with E-state index < -0.39 is 5.97 Å². The summed E-state index contributed by atoms with van der Waals surface area (Å²) in [5.41, 5.74) is 7.23. The van der Waals surface area contributed by atoms with E-state index in [9.17, 15) is 4.79 Å². The van der Waals surface area contributed by atoms with Crippen LogP contribution < -0.4 is 10.5 Å². The smallest absolute Gasteiger partial charge is 0.360 e. The van der Waals surface area contributed by atoms with Gasteiger partial charge in [-0.05, 0) is 11.6 Å². The first-order valence-corrected chi connectivity index (χ1v) is 6.32. The van der Waals surface area contributed by atoms with E-state index in [1.807, 2.05) is 24.3 Å². The van der Waals surface area contributed by atoms with Crippen molar-refractivity contribution in [2.45, 2.75) is 19.1 Å². The van der Waals surface area contributed by atoms with Gasteiger partial charge in [0.15, 0.2) is 5.69 Å². The molecule has 1 aliphatic heterocycles. The molecule has 1 aliphatic rings. The number of carbonyl (C=O) groups excluding carboxylic acids is 1. The minimum Gasteiger partial charge on any atom is -0.488 e. The lowest BCUT2D eigenvalue weighted by Crippen LogP contribution is -2.21. The van der Waals surface area contributed by atoms with Crippen molar-refractivity contribution in [3.63, 3.8) is 0 Å². The number of nitrogens with zero attached hydrogens (tertiary/aromatic N) is 2. The highest BCUT2D eigenvalue weighted by atomic mass is 16.5. The number of ether oxygens (including phenoxy) is 2. The summed E-state index contributed by atoms with van der Waals surface area (Å²) in [6.45, 7) is 0.546. The standard InChI is InChI=1S/C14H15N3O3/c1-19-14(18)12-13(15)17(8-16-12)7-10-6-9-4-2-3-5-11(9)20-10/h2-5,8,10H,6-7,15H2,1H3. The second-order valence-corrected chi connectivity index (χ2v) is 4.67. The first-order valence-electron chi connectivity index (χ1n) is 6.32. The Morgan fingerprint density at radius 2 is 2.35 bits per heavy atom. The molecular weight excluding hydrogens is 258 g/mol. The Morgan fingerprint density at radius 3 is 3.10 bits per heavy atom. The van der Waals surface area contributed by atoms with Gasteiger partial charge in [-0.15, -0.1) is 0 Å². The maximum atomic E-state index is 11.5. The highest BCUT2D eigenvalue weighted by molar-refractivity contribution is 5.92. The highest BCUT2D eigenvalue weighted by Gasteiger charge is 2.24. The lowest BCUT2D eigenvalue weighted by atomic mass is 10.1. The lowest BCUT2D eigenvalue weighted by molar-refractivity contribution is 0.0595. The maximum absolute atomic E-state index is 11.5. The quantitative estimate of drug-likeness (QED) is 0.851. The number of nitrogen functional groups attached to an aromatic ring is 1. The molecule has 0 spiro atoms. The zero-order valence-electron chi connectivity index (χ0n) is 11.1. The van der Waals surface area contributed by atoms with E-state index in [0.717, 1.165) is 12.2 Å². The van der Waals surface area contributed by atoms with Crippen LogP contribution in [0.3, 0.4) is 0 Å². The Labute approximate surface area is 116 Å². The van der Waals surface area contributed by atoms with Crippen LogP contribution in [0.5, 0.6) is 5.75 Å². The number of hydrogen-bond donors (Lipinski definition) is 1. The molecule has 1 aromatic carbocycles. The van der Waals surface area contributed by atoms with E-state index in [1.165, 1.54) is 19.0 Å². The molecule has 0 saturated carbocycles. The molecule has 104 valence electrons. The average molecular weight is 273 g/mol. The monoisotopic (exact) mass is 273 g/mol. The number of para-hydroxylation sites is 1. The van der Waals surface area contributed by atoms with Gasteiger partial charge >= 0.3 is 5.97 Å². The van der Waals surface area contributed by atoms with E-state index in [0.29, 0.717) is 12.4 Å². The van der Waals surface area contributed by atoms with Crippen LogP contribution in [0.2, 0.25) is 0 Å². The van der Waals surface area contributed by atoms with Gasteiger partial charge < -0.3 is 19.8 Å². The molecule has 0 bridgehead atoms. The minimum absolute atomic E-state index is 0.00519. The molecule has 1 unspecified atom stereocenters. The Kier molecular flexibility index (Phi) is 3.06. The van der Waals surface area contributed by atoms with Crippen molar-refractivity contribution in [1.82, 2.24) is 9.55 Å². The second-order valence-electron chi connectivity index (χ2n) is 4.67. The maximum Gasteiger partial charge on any atom is 0.360 e. The molecule has 6 heteroatoms. The van der Waals surface area contributed by atoms with Gasteiger partial charge in [-0.2, -0.15) is 0 Å². The molecule has 2 heterocycles. The van der Waals surface area contributed by atoms with Crippen molar-refractivity contribution in [3.05, 3.63) is 41.9 Å². The predicted octanol–water partition coefficient (Wildman–Crippen LogP) is 1.26. The van der Waals surface area contributed by atoms with E-state index in [1.54, 1.807) is 4.57 Å². The van der Waals surface area contributed by atoms with Gasteiger partial charge in [-0.25, -0.2) is 9.78 Å². The molecule has 6 nitrogen and oxygen atoms in total. The van der Waals surface area contributed by atoms with Crippen molar-refractivity contribution in [1.29, 1.82) is 0 Å². The van der Waals surface area contributed by atoms with Gasteiger partial charge in [0, 0.05) is 6.42 Å². The number of imidazole rings is 1. The number of fused-ring (bicyclic) bond motifs is 1. The number of benzene rings is 1. The fraction of sp³-hybridized carbons (Fsp3) is 0.286. The van der Waals surface area contributed by atoms with Crippen LogP contribution in [0.1, 0.15) is 16.1 Å². The molecule has 0 saturated heterocycles. The molecule has 0 aliphatic carbocycles. The first kappa shape index (κ1) is 12.5. The molecule has 2 N–H and O–H groups in total. The van der Waals surface area contributed by atoms with Crippen LogP contribution in [0.25, 0.3) is 0 Å². The number of hydrogen-bond acceptors (Lipinski definition) is 5. The molecule has 0 radical (unpaired) electrons. The molecule has 0 amide bonds. The highest BCUT2D eigenvalue weighted by Crippen LogP contribution is 2.29. The predicted molar refractivity (Wildman–Crippen MR) is 72.5 cm³/mol. The van der Waals surface area contributed by atoms with E-state index in [2.05, 4.69) is 9.72 Å². The summed E-state index contributed by atoms with van der Waals surface area (Å²) >= 11 is 0. The number of rotatable bonds is 3. The van der Waals surface area contributed by atoms with Crippen molar-refractivity contribution in [2.24, 2.45) is 0 Å². The third kappa shape index (κ3) is 2.09. The summed E-state index contributed by atoms with van der Waals surface area (Å²) < 4.78 is 12.2. The van der Waals surface area contributed by atoms with Crippen LogP contribution in [0.15, 0.2) is 30.6 Å². The lowest BCUT2D eigenvalue weighted by Gasteiger charge is -2.12. The summed E-state index contributed by atoms with van der Waals surface area (Å²) in [5.74, 6) is 0.678. The van der Waals surface area contributed by atoms with Gasteiger partial charge in [0.05, 0.1) is 20.0 Å². The minimum atomic E-state index is -0.531. The van der Waals surface area contributed by atoms with Crippen molar-refractivity contribution in [2.75, 3.05) is 12.8 Å². The van der Waals surface area contributed by atoms with Crippen LogP contribution >= 0.6 is 0 Å². The average Bonchev–Trinajstić information content (AvgIpc) is 3.02. The number of anilines is 1. The molecule has 1 aromatic heterocycles. The zero-order chi connectivity index (χ0) is 14.1. The number of methoxy groups -OCH3 is 1. The van der Waals surface area contributed by atoms with Gasteiger partial charge in [0.25, 0.3) is 0 Å².